The van der Waals surface area contributed by atoms with Gasteiger partial charge in [0.1, 0.15) is 11.6 Å². The summed E-state index contributed by atoms with van der Waals surface area (Å²) in [5.74, 6) is 1.27. The molecule has 1 saturated carbocycles. The van der Waals surface area contributed by atoms with E-state index in [2.05, 4.69) is 15.0 Å². The molecule has 1 aliphatic rings. The number of aryl methyl sites for hydroxylation is 2. The number of hydrogen-bond acceptors (Lipinski definition) is 3. The Morgan fingerprint density at radius 1 is 1.14 bits per heavy atom. The fourth-order valence-corrected chi connectivity index (χ4v) is 4.41. The van der Waals surface area contributed by atoms with Crippen LogP contribution in [0.2, 0.25) is 5.02 Å². The molecule has 0 aliphatic heterocycles. The number of hydrogen-bond donors (Lipinski definition) is 0. The van der Waals surface area contributed by atoms with Gasteiger partial charge >= 0.3 is 6.18 Å². The van der Waals surface area contributed by atoms with Crippen molar-refractivity contribution in [3.63, 3.8) is 0 Å². The minimum Gasteiger partial charge on any atom is -0.332 e. The van der Waals surface area contributed by atoms with E-state index in [0.29, 0.717) is 35.5 Å². The van der Waals surface area contributed by atoms with Crippen LogP contribution in [0.15, 0.2) is 36.4 Å². The third kappa shape index (κ3) is 6.09. The van der Waals surface area contributed by atoms with Gasteiger partial charge in [0.15, 0.2) is 0 Å². The highest BCUT2D eigenvalue weighted by atomic mass is 35.5. The van der Waals surface area contributed by atoms with Gasteiger partial charge in [-0.15, -0.1) is 17.5 Å². The number of nitrogens with zero attached hydrogens (tertiary/aromatic N) is 4. The summed E-state index contributed by atoms with van der Waals surface area (Å²) in [7, 11) is 0. The number of halogens is 6. The Labute approximate surface area is 213 Å². The Morgan fingerprint density at radius 2 is 1.86 bits per heavy atom. The second-order valence-electron chi connectivity index (χ2n) is 8.93. The van der Waals surface area contributed by atoms with Crippen LogP contribution in [0.4, 0.5) is 23.5 Å². The van der Waals surface area contributed by atoms with Crippen molar-refractivity contribution >= 4 is 30.0 Å². The van der Waals surface area contributed by atoms with Crippen LogP contribution in [0, 0.1) is 25.6 Å². The van der Waals surface area contributed by atoms with Gasteiger partial charge in [-0.3, -0.25) is 0 Å². The van der Waals surface area contributed by atoms with Gasteiger partial charge in [0.2, 0.25) is 5.95 Å². The molecule has 190 valence electrons. The molecule has 10 heteroatoms. The molecule has 1 aromatic heterocycles. The average molecular weight is 531 g/mol. The number of rotatable bonds is 8. The van der Waals surface area contributed by atoms with E-state index in [-0.39, 0.29) is 29.3 Å². The second kappa shape index (κ2) is 10.7. The topological polar surface area (TPSA) is 34.0 Å². The van der Waals surface area contributed by atoms with E-state index < -0.39 is 11.7 Å². The minimum atomic E-state index is -4.48. The molecule has 0 unspecified atom stereocenters. The fourth-order valence-electron chi connectivity index (χ4n) is 4.15. The van der Waals surface area contributed by atoms with Crippen LogP contribution < -0.4 is 4.90 Å². The Balaban J connectivity index is 0.00000342. The highest BCUT2D eigenvalue weighted by Crippen LogP contribution is 2.41. The first-order valence-corrected chi connectivity index (χ1v) is 11.8. The lowest BCUT2D eigenvalue weighted by atomic mass is 9.98. The first-order chi connectivity index (χ1) is 16.1. The van der Waals surface area contributed by atoms with E-state index in [4.69, 9.17) is 11.6 Å². The standard InChI is InChI=1S/C25H27ClF4N4.ClH/c1-4-11-33(23(12-17-6-7-17)18-8-5-15(2)21(27)13-18)24-31-16(3)34(32-24)22-10-9-19(14-20(22)26)25(28,29)30;/h5,8-10,13-14,17,23H,4,6-7,11-12H2,1-3H3;1H/t23-;/m0./s1. The van der Waals surface area contributed by atoms with Gasteiger partial charge < -0.3 is 4.90 Å². The molecular formula is C25H28Cl2F4N4. The van der Waals surface area contributed by atoms with Crippen LogP contribution in [-0.4, -0.2) is 21.3 Å². The summed E-state index contributed by atoms with van der Waals surface area (Å²) < 4.78 is 55.1. The van der Waals surface area contributed by atoms with Crippen molar-refractivity contribution < 1.29 is 17.6 Å². The maximum Gasteiger partial charge on any atom is 0.416 e. The molecule has 0 bridgehead atoms. The molecule has 1 fully saturated rings. The van der Waals surface area contributed by atoms with Crippen LogP contribution in [-0.2, 0) is 6.18 Å². The second-order valence-corrected chi connectivity index (χ2v) is 9.34. The summed E-state index contributed by atoms with van der Waals surface area (Å²) in [6.45, 7) is 6.17. The summed E-state index contributed by atoms with van der Waals surface area (Å²) in [6.07, 6.45) is -0.511. The van der Waals surface area contributed by atoms with E-state index in [9.17, 15) is 17.6 Å². The molecule has 3 aromatic rings. The normalized spacial score (nSPS) is 14.5. The van der Waals surface area contributed by atoms with Crippen LogP contribution in [0.25, 0.3) is 5.69 Å². The molecule has 1 atom stereocenters. The van der Waals surface area contributed by atoms with Crippen LogP contribution in [0.5, 0.6) is 0 Å². The predicted molar refractivity (Wildman–Crippen MR) is 132 cm³/mol. The van der Waals surface area contributed by atoms with Gasteiger partial charge in [-0.2, -0.15) is 18.2 Å². The van der Waals surface area contributed by atoms with Crippen LogP contribution >= 0.6 is 24.0 Å². The van der Waals surface area contributed by atoms with Gasteiger partial charge in [-0.1, -0.05) is 43.5 Å². The van der Waals surface area contributed by atoms with Crippen molar-refractivity contribution in [3.8, 4) is 5.69 Å². The van der Waals surface area contributed by atoms with Gasteiger partial charge in [0, 0.05) is 6.54 Å². The summed E-state index contributed by atoms with van der Waals surface area (Å²) in [5.41, 5.74) is 0.955. The zero-order valence-electron chi connectivity index (χ0n) is 19.7. The van der Waals surface area contributed by atoms with Crippen molar-refractivity contribution in [1.29, 1.82) is 0 Å². The summed E-state index contributed by atoms with van der Waals surface area (Å²) >= 11 is 6.22. The van der Waals surface area contributed by atoms with E-state index >= 15 is 0 Å². The van der Waals surface area contributed by atoms with Gasteiger partial charge in [-0.05, 0) is 68.0 Å². The fraction of sp³-hybridized carbons (Fsp3) is 0.440. The number of benzene rings is 2. The third-order valence-electron chi connectivity index (χ3n) is 6.19. The Kier molecular flexibility index (Phi) is 8.37. The molecule has 1 heterocycles. The molecule has 4 nitrogen and oxygen atoms in total. The van der Waals surface area contributed by atoms with Crippen molar-refractivity contribution in [1.82, 2.24) is 14.8 Å². The zero-order chi connectivity index (χ0) is 24.6. The molecule has 0 spiro atoms. The van der Waals surface area contributed by atoms with E-state index in [1.165, 1.54) is 10.7 Å². The summed E-state index contributed by atoms with van der Waals surface area (Å²) in [5, 5.41) is 4.57. The van der Waals surface area contributed by atoms with Crippen LogP contribution in [0.1, 0.15) is 61.2 Å². The lowest BCUT2D eigenvalue weighted by Crippen LogP contribution is -2.31. The van der Waals surface area contributed by atoms with Crippen molar-refractivity contribution in [3.05, 3.63) is 69.8 Å². The summed E-state index contributed by atoms with van der Waals surface area (Å²) in [6, 6.07) is 8.39. The first-order valence-electron chi connectivity index (χ1n) is 11.4. The van der Waals surface area contributed by atoms with E-state index in [1.807, 2.05) is 13.0 Å². The quantitative estimate of drug-likeness (QED) is 0.278. The molecule has 2 aromatic carbocycles. The number of anilines is 1. The molecule has 0 radical (unpaired) electrons. The monoisotopic (exact) mass is 530 g/mol. The minimum absolute atomic E-state index is 0. The molecule has 0 saturated heterocycles. The van der Waals surface area contributed by atoms with Crippen molar-refractivity contribution in [2.75, 3.05) is 11.4 Å². The highest BCUT2D eigenvalue weighted by Gasteiger charge is 2.33. The summed E-state index contributed by atoms with van der Waals surface area (Å²) in [4.78, 5) is 6.71. The van der Waals surface area contributed by atoms with Crippen LogP contribution in [0.3, 0.4) is 0 Å². The third-order valence-corrected chi connectivity index (χ3v) is 6.50. The first kappa shape index (κ1) is 27.3. The smallest absolute Gasteiger partial charge is 0.332 e. The predicted octanol–water partition coefficient (Wildman–Crippen LogP) is 7.88. The Hall–Kier alpha value is -2.32. The van der Waals surface area contributed by atoms with Crippen molar-refractivity contribution in [2.24, 2.45) is 5.92 Å². The molecular weight excluding hydrogens is 503 g/mol. The number of aromatic nitrogens is 3. The lowest BCUT2D eigenvalue weighted by Gasteiger charge is -2.31. The van der Waals surface area contributed by atoms with Gasteiger partial charge in [0.25, 0.3) is 0 Å². The molecule has 1 aliphatic carbocycles. The lowest BCUT2D eigenvalue weighted by molar-refractivity contribution is -0.137. The SMILES string of the molecule is CCCN(c1nc(C)n(-c2ccc(C(F)(F)F)cc2Cl)n1)[C@@H](CC1CC1)c1ccc(C)c(F)c1.Cl. The van der Waals surface area contributed by atoms with Gasteiger partial charge in [0.05, 0.1) is 22.3 Å². The molecule has 0 N–H and O–H groups in total. The maximum atomic E-state index is 14.4. The molecule has 4 rings (SSSR count). The largest absolute Gasteiger partial charge is 0.416 e. The maximum absolute atomic E-state index is 14.4. The average Bonchev–Trinajstić information content (AvgIpc) is 3.52. The Morgan fingerprint density at radius 3 is 2.43 bits per heavy atom. The Bertz CT molecular complexity index is 1170. The zero-order valence-corrected chi connectivity index (χ0v) is 21.3. The van der Waals surface area contributed by atoms with E-state index in [1.54, 1.807) is 26.0 Å². The number of alkyl halides is 3. The molecule has 35 heavy (non-hydrogen) atoms. The van der Waals surface area contributed by atoms with E-state index in [0.717, 1.165) is 43.4 Å². The van der Waals surface area contributed by atoms with Crippen molar-refractivity contribution in [2.45, 2.75) is 58.7 Å². The highest BCUT2D eigenvalue weighted by molar-refractivity contribution is 6.32. The van der Waals surface area contributed by atoms with Gasteiger partial charge in [-0.25, -0.2) is 9.07 Å². The molecule has 0 amide bonds.